The molecule has 3 saturated heterocycles. The van der Waals surface area contributed by atoms with Crippen molar-refractivity contribution in [1.29, 1.82) is 0 Å². The SMILES string of the molecule is Cc1ccc(-c2ccc(NC3C4CCN(CC4)C3C)nn2)c(F)c1F. The van der Waals surface area contributed by atoms with Gasteiger partial charge in [0, 0.05) is 17.6 Å². The minimum atomic E-state index is -0.874. The molecule has 1 aromatic carbocycles. The van der Waals surface area contributed by atoms with Crippen LogP contribution in [0.25, 0.3) is 11.3 Å². The summed E-state index contributed by atoms with van der Waals surface area (Å²) in [6, 6.07) is 7.41. The Labute approximate surface area is 146 Å². The molecule has 3 fully saturated rings. The molecule has 2 unspecified atom stereocenters. The zero-order valence-corrected chi connectivity index (χ0v) is 14.5. The maximum Gasteiger partial charge on any atom is 0.168 e. The van der Waals surface area contributed by atoms with Gasteiger partial charge in [-0.2, -0.15) is 0 Å². The van der Waals surface area contributed by atoms with E-state index in [1.807, 2.05) is 0 Å². The molecule has 2 aromatic rings. The minimum absolute atomic E-state index is 0.137. The monoisotopic (exact) mass is 344 g/mol. The fraction of sp³-hybridized carbons (Fsp3) is 0.474. The van der Waals surface area contributed by atoms with E-state index in [0.29, 0.717) is 29.5 Å². The van der Waals surface area contributed by atoms with Crippen LogP contribution in [0.3, 0.4) is 0 Å². The van der Waals surface area contributed by atoms with Gasteiger partial charge in [0.15, 0.2) is 11.6 Å². The highest BCUT2D eigenvalue weighted by Gasteiger charge is 2.39. The van der Waals surface area contributed by atoms with Crippen molar-refractivity contribution in [2.45, 2.75) is 38.8 Å². The van der Waals surface area contributed by atoms with Gasteiger partial charge in [-0.1, -0.05) is 6.07 Å². The lowest BCUT2D eigenvalue weighted by Gasteiger charge is -2.50. The molecular weight excluding hydrogens is 322 g/mol. The van der Waals surface area contributed by atoms with E-state index in [1.165, 1.54) is 32.9 Å². The van der Waals surface area contributed by atoms with E-state index in [2.05, 4.69) is 27.3 Å². The molecule has 3 aliphatic rings. The van der Waals surface area contributed by atoms with Crippen molar-refractivity contribution in [2.24, 2.45) is 5.92 Å². The molecule has 0 saturated carbocycles. The van der Waals surface area contributed by atoms with Crippen LogP contribution in [0.4, 0.5) is 14.6 Å². The summed E-state index contributed by atoms with van der Waals surface area (Å²) in [5.41, 5.74) is 0.756. The van der Waals surface area contributed by atoms with E-state index in [9.17, 15) is 8.78 Å². The second kappa shape index (κ2) is 6.33. The number of aromatic nitrogens is 2. The fourth-order valence-electron chi connectivity index (χ4n) is 4.11. The number of halogens is 2. The number of hydrogen-bond acceptors (Lipinski definition) is 4. The Morgan fingerprint density at radius 3 is 2.44 bits per heavy atom. The van der Waals surface area contributed by atoms with Crippen molar-refractivity contribution >= 4 is 5.82 Å². The van der Waals surface area contributed by atoms with Crippen molar-refractivity contribution in [3.05, 3.63) is 41.5 Å². The molecule has 132 valence electrons. The Morgan fingerprint density at radius 1 is 1.04 bits per heavy atom. The summed E-state index contributed by atoms with van der Waals surface area (Å²) in [6.45, 7) is 6.13. The number of nitrogens with one attached hydrogen (secondary N) is 1. The largest absolute Gasteiger partial charge is 0.364 e. The highest BCUT2D eigenvalue weighted by atomic mass is 19.2. The molecular formula is C19H22F2N4. The Bertz CT molecular complexity index is 768. The molecule has 25 heavy (non-hydrogen) atoms. The zero-order valence-electron chi connectivity index (χ0n) is 14.5. The average Bonchev–Trinajstić information content (AvgIpc) is 2.64. The molecule has 5 rings (SSSR count). The van der Waals surface area contributed by atoms with Crippen molar-refractivity contribution in [3.63, 3.8) is 0 Å². The number of nitrogens with zero attached hydrogens (tertiary/aromatic N) is 3. The van der Waals surface area contributed by atoms with Gasteiger partial charge in [0.1, 0.15) is 5.82 Å². The number of fused-ring (bicyclic) bond motifs is 3. The average molecular weight is 344 g/mol. The first-order chi connectivity index (χ1) is 12.0. The van der Waals surface area contributed by atoms with Crippen LogP contribution in [-0.2, 0) is 0 Å². The van der Waals surface area contributed by atoms with E-state index in [1.54, 1.807) is 24.3 Å². The smallest absolute Gasteiger partial charge is 0.168 e. The lowest BCUT2D eigenvalue weighted by atomic mass is 9.79. The molecule has 0 spiro atoms. The number of aryl methyl sites for hydroxylation is 1. The molecule has 0 amide bonds. The molecule has 4 heterocycles. The third-order valence-electron chi connectivity index (χ3n) is 5.71. The van der Waals surface area contributed by atoms with Crippen LogP contribution in [0.15, 0.2) is 24.3 Å². The summed E-state index contributed by atoms with van der Waals surface area (Å²) in [5, 5.41) is 11.8. The summed E-state index contributed by atoms with van der Waals surface area (Å²) < 4.78 is 27.9. The van der Waals surface area contributed by atoms with E-state index in [0.717, 1.165) is 0 Å². The molecule has 6 heteroatoms. The minimum Gasteiger partial charge on any atom is -0.364 e. The van der Waals surface area contributed by atoms with Crippen molar-refractivity contribution in [2.75, 3.05) is 18.4 Å². The molecule has 1 aromatic heterocycles. The number of benzene rings is 1. The Hall–Kier alpha value is -2.08. The molecule has 4 nitrogen and oxygen atoms in total. The predicted molar refractivity (Wildman–Crippen MR) is 93.3 cm³/mol. The number of hydrogen-bond donors (Lipinski definition) is 1. The summed E-state index contributed by atoms with van der Waals surface area (Å²) in [7, 11) is 0. The molecule has 2 bridgehead atoms. The van der Waals surface area contributed by atoms with Gasteiger partial charge in [0.25, 0.3) is 0 Å². The highest BCUT2D eigenvalue weighted by Crippen LogP contribution is 2.34. The number of rotatable bonds is 3. The zero-order chi connectivity index (χ0) is 17.6. The maximum absolute atomic E-state index is 14.1. The summed E-state index contributed by atoms with van der Waals surface area (Å²) in [5.74, 6) is -0.365. The van der Waals surface area contributed by atoms with Gasteiger partial charge in [-0.05, 0) is 69.5 Å². The standard InChI is InChI=1S/C19H22F2N4/c1-11-3-4-14(18(21)17(11)20)15-5-6-16(24-23-15)22-19-12(2)25-9-7-13(19)8-10-25/h3-6,12-13,19H,7-10H2,1-2H3,(H,22,24). The topological polar surface area (TPSA) is 41.0 Å². The van der Waals surface area contributed by atoms with Gasteiger partial charge >= 0.3 is 0 Å². The van der Waals surface area contributed by atoms with E-state index in [-0.39, 0.29) is 11.1 Å². The van der Waals surface area contributed by atoms with Crippen LogP contribution >= 0.6 is 0 Å². The van der Waals surface area contributed by atoms with Gasteiger partial charge in [0.2, 0.25) is 0 Å². The van der Waals surface area contributed by atoms with E-state index < -0.39 is 11.6 Å². The Morgan fingerprint density at radius 2 is 1.80 bits per heavy atom. The first kappa shape index (κ1) is 16.4. The molecule has 2 atom stereocenters. The van der Waals surface area contributed by atoms with Crippen LogP contribution in [0.1, 0.15) is 25.3 Å². The summed E-state index contributed by atoms with van der Waals surface area (Å²) >= 11 is 0. The van der Waals surface area contributed by atoms with Gasteiger partial charge in [-0.25, -0.2) is 8.78 Å². The fourth-order valence-corrected chi connectivity index (χ4v) is 4.11. The van der Waals surface area contributed by atoms with Crippen LogP contribution < -0.4 is 5.32 Å². The van der Waals surface area contributed by atoms with E-state index >= 15 is 0 Å². The normalized spacial score (nSPS) is 28.2. The number of anilines is 1. The molecule has 0 radical (unpaired) electrons. The van der Waals surface area contributed by atoms with Gasteiger partial charge in [0.05, 0.1) is 5.69 Å². The van der Waals surface area contributed by atoms with Crippen LogP contribution in [-0.4, -0.2) is 40.3 Å². The van der Waals surface area contributed by atoms with Crippen molar-refractivity contribution in [1.82, 2.24) is 15.1 Å². The van der Waals surface area contributed by atoms with Crippen LogP contribution in [0.2, 0.25) is 0 Å². The van der Waals surface area contributed by atoms with Crippen LogP contribution in [0, 0.1) is 24.5 Å². The third kappa shape index (κ3) is 2.88. The lowest BCUT2D eigenvalue weighted by molar-refractivity contribution is 0.0457. The highest BCUT2D eigenvalue weighted by molar-refractivity contribution is 5.61. The molecule has 3 aliphatic heterocycles. The third-order valence-corrected chi connectivity index (χ3v) is 5.71. The Kier molecular flexibility index (Phi) is 4.15. The summed E-state index contributed by atoms with van der Waals surface area (Å²) in [6.07, 6.45) is 2.42. The summed E-state index contributed by atoms with van der Waals surface area (Å²) in [4.78, 5) is 2.50. The molecule has 0 aliphatic carbocycles. The lowest BCUT2D eigenvalue weighted by Crippen LogP contribution is -2.59. The van der Waals surface area contributed by atoms with Gasteiger partial charge < -0.3 is 5.32 Å². The predicted octanol–water partition coefficient (Wildman–Crippen LogP) is 3.62. The maximum atomic E-state index is 14.1. The number of piperidine rings is 3. The second-order valence-corrected chi connectivity index (χ2v) is 7.15. The Balaban J connectivity index is 1.54. The first-order valence-electron chi connectivity index (χ1n) is 8.84. The van der Waals surface area contributed by atoms with Gasteiger partial charge in [-0.15, -0.1) is 10.2 Å². The quantitative estimate of drug-likeness (QED) is 0.923. The van der Waals surface area contributed by atoms with Crippen molar-refractivity contribution in [3.8, 4) is 11.3 Å². The first-order valence-corrected chi connectivity index (χ1v) is 8.84. The van der Waals surface area contributed by atoms with Gasteiger partial charge in [-0.3, -0.25) is 4.90 Å². The molecule has 1 N–H and O–H groups in total. The van der Waals surface area contributed by atoms with E-state index in [4.69, 9.17) is 0 Å². The van der Waals surface area contributed by atoms with Crippen LogP contribution in [0.5, 0.6) is 0 Å². The second-order valence-electron chi connectivity index (χ2n) is 7.15. The van der Waals surface area contributed by atoms with Crippen molar-refractivity contribution < 1.29 is 8.78 Å².